The molecule has 2 saturated heterocycles. The largest absolute Gasteiger partial charge is 0.593 e. The first-order chi connectivity index (χ1) is 23.7. The Balaban J connectivity index is 1.28. The number of aromatic nitrogens is 2. The van der Waals surface area contributed by atoms with Gasteiger partial charge in [-0.3, -0.25) is 9.89 Å². The zero-order chi connectivity index (χ0) is 34.7. The fourth-order valence-electron chi connectivity index (χ4n) is 6.83. The fourth-order valence-corrected chi connectivity index (χ4v) is 7.54. The number of hydrogen-bond donors (Lipinski definition) is 3. The standard InChI is InChI=1S/C35H47BrN10O2S/c1-38-21-25(20-37)27-18-30(33(48-4)19-31(27)46-10-8-26(9-11-46)45-14-12-43(2)13-15-45)41-35-39-22-28(36)34(42-35)40-29-16-23-6-7-24(23)17-32(29)44(3)49(5)47/h16-22,26H,6-15,37H2,1-5H3,(H2,39,40,41,42). The Hall–Kier alpha value is -3.56. The van der Waals surface area contributed by atoms with Crippen LogP contribution >= 0.6 is 15.9 Å². The van der Waals surface area contributed by atoms with Crippen molar-refractivity contribution in [2.75, 3.05) is 93.6 Å². The van der Waals surface area contributed by atoms with Crippen LogP contribution in [0.2, 0.25) is 0 Å². The summed E-state index contributed by atoms with van der Waals surface area (Å²) in [6, 6.07) is 8.95. The van der Waals surface area contributed by atoms with Crippen molar-refractivity contribution < 1.29 is 9.29 Å². The maximum absolute atomic E-state index is 12.4. The number of nitrogens with zero attached hydrogens (tertiary/aromatic N) is 7. The van der Waals surface area contributed by atoms with Gasteiger partial charge in [0.15, 0.2) is 0 Å². The molecule has 3 heterocycles. The molecule has 4 N–H and O–H groups in total. The van der Waals surface area contributed by atoms with Gasteiger partial charge in [-0.05, 0) is 78.0 Å². The second kappa shape index (κ2) is 15.5. The second-order valence-corrected chi connectivity index (χ2v) is 15.1. The maximum Gasteiger partial charge on any atom is 0.229 e. The number of benzene rings is 2. The van der Waals surface area contributed by atoms with E-state index in [1.165, 1.54) is 11.1 Å². The van der Waals surface area contributed by atoms with E-state index in [9.17, 15) is 4.55 Å². The number of halogens is 1. The Morgan fingerprint density at radius 3 is 2.43 bits per heavy atom. The van der Waals surface area contributed by atoms with Crippen molar-refractivity contribution in [3.63, 3.8) is 0 Å². The molecule has 0 radical (unpaired) electrons. The Labute approximate surface area is 301 Å². The highest BCUT2D eigenvalue weighted by Crippen LogP contribution is 2.41. The van der Waals surface area contributed by atoms with Gasteiger partial charge in [0.2, 0.25) is 5.95 Å². The van der Waals surface area contributed by atoms with Crippen LogP contribution in [0.1, 0.15) is 29.5 Å². The summed E-state index contributed by atoms with van der Waals surface area (Å²) in [5, 5.41) is 6.87. The molecule has 1 aromatic heterocycles. The molecule has 0 saturated carbocycles. The normalized spacial score (nSPS) is 18.3. The smallest absolute Gasteiger partial charge is 0.229 e. The van der Waals surface area contributed by atoms with E-state index in [2.05, 4.69) is 76.5 Å². The van der Waals surface area contributed by atoms with Gasteiger partial charge < -0.3 is 35.5 Å². The highest BCUT2D eigenvalue weighted by atomic mass is 79.9. The third-order valence-corrected chi connectivity index (χ3v) is 11.4. The van der Waals surface area contributed by atoms with Crippen molar-refractivity contribution >= 4 is 73.6 Å². The molecule has 0 amide bonds. The van der Waals surface area contributed by atoms with E-state index in [-0.39, 0.29) is 0 Å². The number of piperazine rings is 1. The van der Waals surface area contributed by atoms with E-state index in [0.717, 1.165) is 93.2 Å². The summed E-state index contributed by atoms with van der Waals surface area (Å²) in [4.78, 5) is 21.2. The molecule has 3 aromatic rings. The summed E-state index contributed by atoms with van der Waals surface area (Å²) in [6.45, 7) is 6.41. The first-order valence-electron chi connectivity index (χ1n) is 16.7. The van der Waals surface area contributed by atoms with E-state index in [1.54, 1.807) is 43.3 Å². The molecule has 14 heteroatoms. The van der Waals surface area contributed by atoms with Gasteiger partial charge in [-0.1, -0.05) is 0 Å². The molecule has 0 bridgehead atoms. The van der Waals surface area contributed by atoms with Crippen molar-refractivity contribution in [2.45, 2.75) is 31.7 Å². The van der Waals surface area contributed by atoms with Gasteiger partial charge in [-0.25, -0.2) is 4.98 Å². The van der Waals surface area contributed by atoms with Gasteiger partial charge in [0.25, 0.3) is 0 Å². The highest BCUT2D eigenvalue weighted by Gasteiger charge is 2.29. The average molecular weight is 752 g/mol. The van der Waals surface area contributed by atoms with E-state index in [0.29, 0.717) is 33.7 Å². The van der Waals surface area contributed by atoms with Crippen molar-refractivity contribution in [3.05, 3.63) is 57.8 Å². The number of methoxy groups -OCH3 is 1. The number of hydrogen-bond acceptors (Lipinski definition) is 12. The lowest BCUT2D eigenvalue weighted by Crippen LogP contribution is -2.52. The van der Waals surface area contributed by atoms with Crippen LogP contribution in [0, 0.1) is 0 Å². The summed E-state index contributed by atoms with van der Waals surface area (Å²) in [7, 11) is 7.46. The van der Waals surface area contributed by atoms with Gasteiger partial charge in [-0.2, -0.15) is 9.29 Å². The predicted molar refractivity (Wildman–Crippen MR) is 206 cm³/mol. The molecule has 2 aromatic carbocycles. The van der Waals surface area contributed by atoms with Gasteiger partial charge in [0, 0.05) is 93.9 Å². The third-order valence-electron chi connectivity index (χ3n) is 9.89. The number of ether oxygens (including phenoxy) is 1. The molecule has 6 rings (SSSR count). The summed E-state index contributed by atoms with van der Waals surface area (Å²) < 4.78 is 20.8. The van der Waals surface area contributed by atoms with Crippen molar-refractivity contribution in [2.24, 2.45) is 10.7 Å². The Morgan fingerprint density at radius 2 is 1.80 bits per heavy atom. The lowest BCUT2D eigenvalue weighted by molar-refractivity contribution is 0.0982. The van der Waals surface area contributed by atoms with Gasteiger partial charge >= 0.3 is 0 Å². The molecule has 2 aliphatic heterocycles. The summed E-state index contributed by atoms with van der Waals surface area (Å²) >= 11 is 2.44. The Bertz CT molecular complexity index is 1700. The van der Waals surface area contributed by atoms with Crippen LogP contribution in [0.25, 0.3) is 5.57 Å². The molecule has 262 valence electrons. The molecule has 1 aliphatic carbocycles. The topological polar surface area (TPSA) is 133 Å². The fraction of sp³-hybridized carbons (Fsp3) is 0.457. The number of aliphatic imine (C=N–C) groups is 1. The number of allylic oxidation sites excluding steroid dienone is 1. The van der Waals surface area contributed by atoms with E-state index >= 15 is 0 Å². The average Bonchev–Trinajstić information content (AvgIpc) is 3.10. The van der Waals surface area contributed by atoms with Crippen molar-refractivity contribution in [1.29, 1.82) is 0 Å². The molecular formula is C35H47BrN10O2S. The first-order valence-corrected chi connectivity index (χ1v) is 19.0. The van der Waals surface area contributed by atoms with E-state index < -0.39 is 11.4 Å². The maximum atomic E-state index is 12.4. The van der Waals surface area contributed by atoms with Gasteiger partial charge in [-0.15, -0.1) is 0 Å². The van der Waals surface area contributed by atoms with Gasteiger partial charge in [0.05, 0.1) is 41.4 Å². The number of likely N-dealkylation sites (N-methyl/N-ethyl adjacent to an activating group) is 1. The lowest BCUT2D eigenvalue weighted by atomic mass is 9.87. The summed E-state index contributed by atoms with van der Waals surface area (Å²) in [6.07, 6.45) is 11.0. The number of nitrogens with two attached hydrogens (primary N) is 1. The number of nitrogens with one attached hydrogen (secondary N) is 2. The van der Waals surface area contributed by atoms with Crippen LogP contribution in [0.3, 0.4) is 0 Å². The highest BCUT2D eigenvalue weighted by molar-refractivity contribution is 9.10. The number of anilines is 6. The molecular weight excluding hydrogens is 704 g/mol. The summed E-state index contributed by atoms with van der Waals surface area (Å²) in [5.41, 5.74) is 14.0. The van der Waals surface area contributed by atoms with Crippen LogP contribution in [0.5, 0.6) is 5.75 Å². The molecule has 1 atom stereocenters. The van der Waals surface area contributed by atoms with Crippen LogP contribution in [0.4, 0.5) is 34.5 Å². The van der Waals surface area contributed by atoms with Crippen molar-refractivity contribution in [3.8, 4) is 5.75 Å². The molecule has 0 spiro atoms. The van der Waals surface area contributed by atoms with Crippen LogP contribution in [0.15, 0.2) is 46.1 Å². The zero-order valence-corrected chi connectivity index (χ0v) is 31.4. The number of aryl methyl sites for hydroxylation is 2. The minimum Gasteiger partial charge on any atom is -0.593 e. The molecule has 12 nitrogen and oxygen atoms in total. The van der Waals surface area contributed by atoms with Crippen LogP contribution in [-0.2, 0) is 24.2 Å². The molecule has 3 aliphatic rings. The van der Waals surface area contributed by atoms with E-state index in [4.69, 9.17) is 15.5 Å². The lowest BCUT2D eigenvalue weighted by Gasteiger charge is -2.43. The molecule has 2 fully saturated rings. The van der Waals surface area contributed by atoms with Crippen LogP contribution < -0.4 is 30.3 Å². The molecule has 1 unspecified atom stereocenters. The first kappa shape index (κ1) is 35.3. The SMILES string of the molecule is CN=CC(=CN)c1cc(Nc2ncc(Br)c(Nc3cc4c(cc3N(C)[S+](C)[O-])CC4)n2)c(OC)cc1N1CCC(N2CCN(C)CC2)CC1. The summed E-state index contributed by atoms with van der Waals surface area (Å²) in [5.74, 6) is 1.63. The Morgan fingerprint density at radius 1 is 1.08 bits per heavy atom. The third kappa shape index (κ3) is 7.78. The zero-order valence-electron chi connectivity index (χ0n) is 29.0. The van der Waals surface area contributed by atoms with Crippen molar-refractivity contribution in [1.82, 2.24) is 19.8 Å². The minimum atomic E-state index is -1.19. The van der Waals surface area contributed by atoms with E-state index in [1.807, 2.05) is 13.1 Å². The number of rotatable bonds is 11. The number of piperidine rings is 1. The Kier molecular flexibility index (Phi) is 11.2. The number of fused-ring (bicyclic) bond motifs is 1. The second-order valence-electron chi connectivity index (χ2n) is 12.8. The van der Waals surface area contributed by atoms with Gasteiger partial charge in [0.1, 0.15) is 23.5 Å². The monoisotopic (exact) mass is 750 g/mol. The molecule has 49 heavy (non-hydrogen) atoms. The van der Waals surface area contributed by atoms with Crippen LogP contribution in [-0.4, -0.2) is 110 Å². The minimum absolute atomic E-state index is 0.385. The quantitative estimate of drug-likeness (QED) is 0.185. The predicted octanol–water partition coefficient (Wildman–Crippen LogP) is 4.78.